The molecule has 1 aliphatic rings. The van der Waals surface area contributed by atoms with E-state index in [1.165, 1.54) is 0 Å². The lowest BCUT2D eigenvalue weighted by atomic mass is 9.92. The van der Waals surface area contributed by atoms with E-state index in [1.807, 2.05) is 43.9 Å². The zero-order valence-corrected chi connectivity index (χ0v) is 16.0. The highest BCUT2D eigenvalue weighted by atomic mass is 16.5. The minimum absolute atomic E-state index is 0.00488. The van der Waals surface area contributed by atoms with Gasteiger partial charge in [0.1, 0.15) is 5.75 Å². The minimum Gasteiger partial charge on any atom is -0.483 e. The summed E-state index contributed by atoms with van der Waals surface area (Å²) in [4.78, 5) is 26.2. The van der Waals surface area contributed by atoms with E-state index in [2.05, 4.69) is 19.2 Å². The van der Waals surface area contributed by atoms with Crippen molar-refractivity contribution < 1.29 is 14.3 Å². The molecule has 0 fully saturated rings. The summed E-state index contributed by atoms with van der Waals surface area (Å²) in [6.45, 7) is 11.7. The first-order valence-corrected chi connectivity index (χ1v) is 8.97. The van der Waals surface area contributed by atoms with Gasteiger partial charge in [0, 0.05) is 30.8 Å². The third-order valence-corrected chi connectivity index (χ3v) is 4.08. The molecule has 1 aromatic rings. The fraction of sp³-hybridized carbons (Fsp3) is 0.600. The normalized spacial score (nSPS) is 14.8. The Bertz CT molecular complexity index is 632. The molecule has 0 bridgehead atoms. The molecular formula is C20H30N2O3. The van der Waals surface area contributed by atoms with Crippen LogP contribution < -0.4 is 10.1 Å². The first kappa shape index (κ1) is 19.3. The fourth-order valence-corrected chi connectivity index (χ4v) is 2.75. The second-order valence-corrected chi connectivity index (χ2v) is 8.39. The first-order valence-electron chi connectivity index (χ1n) is 8.97. The van der Waals surface area contributed by atoms with Gasteiger partial charge in [-0.3, -0.25) is 9.59 Å². The van der Waals surface area contributed by atoms with Crippen LogP contribution in [0.3, 0.4) is 0 Å². The maximum atomic E-state index is 12.2. The number of nitrogens with zero attached hydrogens (tertiary/aromatic N) is 1. The number of amides is 2. The van der Waals surface area contributed by atoms with Gasteiger partial charge < -0.3 is 15.0 Å². The molecule has 0 saturated carbocycles. The predicted octanol–water partition coefficient (Wildman–Crippen LogP) is 3.83. The molecule has 25 heavy (non-hydrogen) atoms. The number of fused-ring (bicyclic) bond motifs is 1. The Balaban J connectivity index is 2.11. The van der Waals surface area contributed by atoms with Gasteiger partial charge in [-0.15, -0.1) is 0 Å². The van der Waals surface area contributed by atoms with Gasteiger partial charge in [0.15, 0.2) is 6.61 Å². The molecule has 1 aliphatic heterocycles. The summed E-state index contributed by atoms with van der Waals surface area (Å²) in [5.41, 5.74) is 1.62. The SMILES string of the molecule is CC(C)CCN1Cc2cc(NC(=O)CC(C)(C)C)ccc2OCC1=O. The van der Waals surface area contributed by atoms with E-state index in [4.69, 9.17) is 4.74 Å². The fourth-order valence-electron chi connectivity index (χ4n) is 2.75. The van der Waals surface area contributed by atoms with Crippen LogP contribution in [0.2, 0.25) is 0 Å². The third kappa shape index (κ3) is 6.07. The van der Waals surface area contributed by atoms with E-state index in [1.54, 1.807) is 0 Å². The Morgan fingerprint density at radius 2 is 2.04 bits per heavy atom. The number of anilines is 1. The standard InChI is InChI=1S/C20H30N2O3/c1-14(2)8-9-22-12-15-10-16(21-18(23)11-20(3,4)5)6-7-17(15)25-13-19(22)24/h6-7,10,14H,8-9,11-13H2,1-5H3,(H,21,23). The minimum atomic E-state index is -0.0566. The van der Waals surface area contributed by atoms with Gasteiger partial charge in [0.25, 0.3) is 5.91 Å². The highest BCUT2D eigenvalue weighted by Crippen LogP contribution is 2.28. The number of carbonyl (C=O) groups excluding carboxylic acids is 2. The zero-order valence-electron chi connectivity index (χ0n) is 16.0. The van der Waals surface area contributed by atoms with Gasteiger partial charge in [-0.25, -0.2) is 0 Å². The molecule has 0 atom stereocenters. The molecule has 1 aromatic carbocycles. The first-order chi connectivity index (χ1) is 11.6. The second-order valence-electron chi connectivity index (χ2n) is 8.39. The van der Waals surface area contributed by atoms with E-state index in [9.17, 15) is 9.59 Å². The highest BCUT2D eigenvalue weighted by molar-refractivity contribution is 5.91. The lowest BCUT2D eigenvalue weighted by Gasteiger charge is -2.21. The third-order valence-electron chi connectivity index (χ3n) is 4.08. The average Bonchev–Trinajstić information content (AvgIpc) is 2.62. The Morgan fingerprint density at radius 3 is 2.68 bits per heavy atom. The van der Waals surface area contributed by atoms with Gasteiger partial charge in [-0.05, 0) is 36.0 Å². The maximum absolute atomic E-state index is 12.2. The summed E-state index contributed by atoms with van der Waals surface area (Å²) in [6.07, 6.45) is 1.42. The molecule has 138 valence electrons. The zero-order chi connectivity index (χ0) is 18.6. The van der Waals surface area contributed by atoms with Crippen molar-refractivity contribution >= 4 is 17.5 Å². The second kappa shape index (κ2) is 7.89. The van der Waals surface area contributed by atoms with Gasteiger partial charge in [-0.1, -0.05) is 34.6 Å². The molecule has 2 rings (SSSR count). The smallest absolute Gasteiger partial charge is 0.260 e. The summed E-state index contributed by atoms with van der Waals surface area (Å²) in [6, 6.07) is 5.58. The van der Waals surface area contributed by atoms with Crippen molar-refractivity contribution in [2.45, 2.75) is 54.0 Å². The van der Waals surface area contributed by atoms with Gasteiger partial charge in [0.05, 0.1) is 0 Å². The molecule has 0 unspecified atom stereocenters. The van der Waals surface area contributed by atoms with Gasteiger partial charge >= 0.3 is 0 Å². The molecule has 2 amide bonds. The topological polar surface area (TPSA) is 58.6 Å². The van der Waals surface area contributed by atoms with Crippen molar-refractivity contribution in [1.29, 1.82) is 0 Å². The summed E-state index contributed by atoms with van der Waals surface area (Å²) >= 11 is 0. The van der Waals surface area contributed by atoms with Crippen molar-refractivity contribution in [1.82, 2.24) is 4.90 Å². The molecule has 1 heterocycles. The molecule has 1 N–H and O–H groups in total. The number of carbonyl (C=O) groups is 2. The average molecular weight is 346 g/mol. The summed E-state index contributed by atoms with van der Waals surface area (Å²) in [7, 11) is 0. The molecule has 0 spiro atoms. The van der Waals surface area contributed by atoms with E-state index >= 15 is 0 Å². The van der Waals surface area contributed by atoms with Crippen LogP contribution in [0.5, 0.6) is 5.75 Å². The number of ether oxygens (including phenoxy) is 1. The van der Waals surface area contributed by atoms with Gasteiger partial charge in [0.2, 0.25) is 5.91 Å². The molecule has 0 aromatic heterocycles. The number of nitrogens with one attached hydrogen (secondary N) is 1. The van der Waals surface area contributed by atoms with Crippen molar-refractivity contribution in [2.75, 3.05) is 18.5 Å². The van der Waals surface area contributed by atoms with Crippen molar-refractivity contribution in [2.24, 2.45) is 11.3 Å². The Kier molecular flexibility index (Phi) is 6.09. The van der Waals surface area contributed by atoms with Crippen LogP contribution in [-0.4, -0.2) is 29.9 Å². The van der Waals surface area contributed by atoms with Crippen LogP contribution in [-0.2, 0) is 16.1 Å². The highest BCUT2D eigenvalue weighted by Gasteiger charge is 2.22. The van der Waals surface area contributed by atoms with Crippen LogP contribution in [0.15, 0.2) is 18.2 Å². The Morgan fingerprint density at radius 1 is 1.32 bits per heavy atom. The summed E-state index contributed by atoms with van der Waals surface area (Å²) < 4.78 is 5.63. The number of rotatable bonds is 5. The van der Waals surface area contributed by atoms with Crippen LogP contribution in [0.4, 0.5) is 5.69 Å². The molecule has 0 aliphatic carbocycles. The van der Waals surface area contributed by atoms with Crippen LogP contribution in [0, 0.1) is 11.3 Å². The molecule has 5 nitrogen and oxygen atoms in total. The monoisotopic (exact) mass is 346 g/mol. The number of benzene rings is 1. The number of hydrogen-bond donors (Lipinski definition) is 1. The Hall–Kier alpha value is -2.04. The quantitative estimate of drug-likeness (QED) is 0.881. The lowest BCUT2D eigenvalue weighted by molar-refractivity contribution is -0.133. The van der Waals surface area contributed by atoms with Gasteiger partial charge in [-0.2, -0.15) is 0 Å². The van der Waals surface area contributed by atoms with Crippen molar-refractivity contribution in [3.8, 4) is 5.75 Å². The molecule has 0 radical (unpaired) electrons. The predicted molar refractivity (Wildman–Crippen MR) is 99.5 cm³/mol. The van der Waals surface area contributed by atoms with Crippen LogP contribution in [0.25, 0.3) is 0 Å². The largest absolute Gasteiger partial charge is 0.483 e. The summed E-state index contributed by atoms with van der Waals surface area (Å²) in [5, 5.41) is 2.95. The van der Waals surface area contributed by atoms with Crippen molar-refractivity contribution in [3.05, 3.63) is 23.8 Å². The van der Waals surface area contributed by atoms with E-state index in [0.717, 1.165) is 24.2 Å². The number of hydrogen-bond acceptors (Lipinski definition) is 3. The summed E-state index contributed by atoms with van der Waals surface area (Å²) in [5.74, 6) is 1.26. The van der Waals surface area contributed by atoms with Crippen molar-refractivity contribution in [3.63, 3.8) is 0 Å². The maximum Gasteiger partial charge on any atom is 0.260 e. The van der Waals surface area contributed by atoms with Crippen LogP contribution in [0.1, 0.15) is 53.0 Å². The van der Waals surface area contributed by atoms with Crippen LogP contribution >= 0.6 is 0 Å². The molecular weight excluding hydrogens is 316 g/mol. The molecule has 5 heteroatoms. The molecule has 0 saturated heterocycles. The van der Waals surface area contributed by atoms with E-state index in [-0.39, 0.29) is 23.8 Å². The Labute approximate surface area is 150 Å². The van der Waals surface area contributed by atoms with E-state index < -0.39 is 0 Å². The lowest BCUT2D eigenvalue weighted by Crippen LogP contribution is -2.33. The van der Waals surface area contributed by atoms with E-state index in [0.29, 0.717) is 24.6 Å².